The number of rotatable bonds is 2. The number of benzene rings is 1. The van der Waals surface area contributed by atoms with Gasteiger partial charge in [0.05, 0.1) is 4.92 Å². The fraction of sp³-hybridized carbons (Fsp3) is 0.455. The van der Waals surface area contributed by atoms with E-state index in [1.807, 2.05) is 6.07 Å². The van der Waals surface area contributed by atoms with Crippen LogP contribution in [0.3, 0.4) is 0 Å². The molecule has 1 N–H and O–H groups in total. The first-order chi connectivity index (χ1) is 7.11. The summed E-state index contributed by atoms with van der Waals surface area (Å²) in [6.45, 7) is 5.08. The van der Waals surface area contributed by atoms with E-state index in [4.69, 9.17) is 0 Å². The Hall–Kier alpha value is -1.58. The van der Waals surface area contributed by atoms with Crippen LogP contribution in [0.25, 0.3) is 0 Å². The summed E-state index contributed by atoms with van der Waals surface area (Å²) in [7, 11) is 0. The van der Waals surface area contributed by atoms with Crippen LogP contribution in [-0.4, -0.2) is 11.5 Å². The number of para-hydroxylation sites is 1. The first-order valence-corrected chi connectivity index (χ1v) is 5.12. The quantitative estimate of drug-likeness (QED) is 0.598. The predicted molar refractivity (Wildman–Crippen MR) is 59.2 cm³/mol. The molecule has 15 heavy (non-hydrogen) atoms. The third-order valence-electron chi connectivity index (χ3n) is 2.97. The SMILES string of the molecule is CC(C)[C@H]1CNc2c1cccc2[N+](=O)[O-]. The molecule has 0 fully saturated rings. The van der Waals surface area contributed by atoms with E-state index < -0.39 is 0 Å². The summed E-state index contributed by atoms with van der Waals surface area (Å²) in [5.41, 5.74) is 1.98. The molecule has 0 amide bonds. The highest BCUT2D eigenvalue weighted by molar-refractivity contribution is 5.70. The first kappa shape index (κ1) is 9.96. The fourth-order valence-corrected chi connectivity index (χ4v) is 2.13. The molecule has 0 spiro atoms. The second-order valence-electron chi connectivity index (χ2n) is 4.23. The van der Waals surface area contributed by atoms with Crippen LogP contribution in [0.4, 0.5) is 11.4 Å². The number of nitro groups is 1. The smallest absolute Gasteiger partial charge is 0.292 e. The Labute approximate surface area is 88.5 Å². The van der Waals surface area contributed by atoms with E-state index in [9.17, 15) is 10.1 Å². The molecule has 2 rings (SSSR count). The van der Waals surface area contributed by atoms with Gasteiger partial charge in [-0.3, -0.25) is 10.1 Å². The van der Waals surface area contributed by atoms with Gasteiger partial charge < -0.3 is 5.32 Å². The van der Waals surface area contributed by atoms with Crippen molar-refractivity contribution < 1.29 is 4.92 Å². The lowest BCUT2D eigenvalue weighted by Gasteiger charge is -2.13. The second kappa shape index (κ2) is 3.53. The number of hydrogen-bond donors (Lipinski definition) is 1. The minimum Gasteiger partial charge on any atom is -0.379 e. The monoisotopic (exact) mass is 206 g/mol. The van der Waals surface area contributed by atoms with Crippen LogP contribution in [0.15, 0.2) is 18.2 Å². The predicted octanol–water partition coefficient (Wildman–Crippen LogP) is 2.76. The Morgan fingerprint density at radius 3 is 2.87 bits per heavy atom. The van der Waals surface area contributed by atoms with E-state index in [-0.39, 0.29) is 10.6 Å². The van der Waals surface area contributed by atoms with Gasteiger partial charge in [0, 0.05) is 18.5 Å². The number of anilines is 1. The molecule has 0 bridgehead atoms. The molecule has 0 aliphatic carbocycles. The zero-order valence-electron chi connectivity index (χ0n) is 8.86. The van der Waals surface area contributed by atoms with Gasteiger partial charge in [-0.15, -0.1) is 0 Å². The fourth-order valence-electron chi connectivity index (χ4n) is 2.13. The van der Waals surface area contributed by atoms with Crippen molar-refractivity contribution in [3.8, 4) is 0 Å². The van der Waals surface area contributed by atoms with Gasteiger partial charge >= 0.3 is 0 Å². The third kappa shape index (κ3) is 1.56. The summed E-state index contributed by atoms with van der Waals surface area (Å²) in [6.07, 6.45) is 0. The summed E-state index contributed by atoms with van der Waals surface area (Å²) in [5, 5.41) is 13.9. The number of nitrogens with zero attached hydrogens (tertiary/aromatic N) is 1. The largest absolute Gasteiger partial charge is 0.379 e. The van der Waals surface area contributed by atoms with Crippen molar-refractivity contribution in [2.45, 2.75) is 19.8 Å². The Bertz CT molecular complexity index is 402. The lowest BCUT2D eigenvalue weighted by atomic mass is 9.90. The van der Waals surface area contributed by atoms with Gasteiger partial charge in [-0.2, -0.15) is 0 Å². The van der Waals surface area contributed by atoms with E-state index in [0.717, 1.165) is 12.1 Å². The maximum Gasteiger partial charge on any atom is 0.292 e. The Morgan fingerprint density at radius 1 is 1.53 bits per heavy atom. The summed E-state index contributed by atoms with van der Waals surface area (Å²) >= 11 is 0. The van der Waals surface area contributed by atoms with Crippen LogP contribution in [0.1, 0.15) is 25.3 Å². The van der Waals surface area contributed by atoms with E-state index in [1.54, 1.807) is 12.1 Å². The molecule has 1 aromatic rings. The van der Waals surface area contributed by atoms with Crippen LogP contribution >= 0.6 is 0 Å². The van der Waals surface area contributed by atoms with Crippen molar-refractivity contribution in [2.75, 3.05) is 11.9 Å². The average Bonchev–Trinajstić information content (AvgIpc) is 2.59. The van der Waals surface area contributed by atoms with E-state index >= 15 is 0 Å². The van der Waals surface area contributed by atoms with Crippen molar-refractivity contribution in [1.29, 1.82) is 0 Å². The maximum atomic E-state index is 10.8. The molecule has 1 heterocycles. The Balaban J connectivity index is 2.48. The zero-order valence-corrected chi connectivity index (χ0v) is 8.86. The summed E-state index contributed by atoms with van der Waals surface area (Å²) < 4.78 is 0. The number of fused-ring (bicyclic) bond motifs is 1. The second-order valence-corrected chi connectivity index (χ2v) is 4.23. The van der Waals surface area contributed by atoms with Crippen molar-refractivity contribution in [1.82, 2.24) is 0 Å². The summed E-state index contributed by atoms with van der Waals surface area (Å²) in [5.74, 6) is 0.889. The third-order valence-corrected chi connectivity index (χ3v) is 2.97. The molecule has 0 saturated carbocycles. The van der Waals surface area contributed by atoms with Crippen LogP contribution in [0.2, 0.25) is 0 Å². The van der Waals surface area contributed by atoms with Crippen molar-refractivity contribution in [3.05, 3.63) is 33.9 Å². The average molecular weight is 206 g/mol. The molecule has 0 unspecified atom stereocenters. The number of hydrogen-bond acceptors (Lipinski definition) is 3. The van der Waals surface area contributed by atoms with Crippen LogP contribution in [0.5, 0.6) is 0 Å². The van der Waals surface area contributed by atoms with Crippen LogP contribution in [0, 0.1) is 16.0 Å². The van der Waals surface area contributed by atoms with Crippen LogP contribution < -0.4 is 5.32 Å². The molecule has 0 saturated heterocycles. The molecule has 80 valence electrons. The van der Waals surface area contributed by atoms with Crippen molar-refractivity contribution >= 4 is 11.4 Å². The zero-order chi connectivity index (χ0) is 11.0. The van der Waals surface area contributed by atoms with Gasteiger partial charge in [0.15, 0.2) is 0 Å². The molecule has 1 atom stereocenters. The minimum absolute atomic E-state index is 0.190. The number of nitro benzene ring substituents is 1. The first-order valence-electron chi connectivity index (χ1n) is 5.12. The van der Waals surface area contributed by atoms with Gasteiger partial charge in [0.25, 0.3) is 5.69 Å². The van der Waals surface area contributed by atoms with Crippen molar-refractivity contribution in [3.63, 3.8) is 0 Å². The van der Waals surface area contributed by atoms with Crippen molar-refractivity contribution in [2.24, 2.45) is 5.92 Å². The molecular formula is C11H14N2O2. The van der Waals surface area contributed by atoms with Gasteiger partial charge in [-0.05, 0) is 11.5 Å². The summed E-state index contributed by atoms with van der Waals surface area (Å²) in [6, 6.07) is 5.29. The molecule has 1 aromatic carbocycles. The molecule has 4 heteroatoms. The molecule has 1 aliphatic rings. The highest BCUT2D eigenvalue weighted by atomic mass is 16.6. The van der Waals surface area contributed by atoms with Crippen LogP contribution in [-0.2, 0) is 0 Å². The molecule has 1 aliphatic heterocycles. The molecule has 0 radical (unpaired) electrons. The highest BCUT2D eigenvalue weighted by Crippen LogP contribution is 2.41. The molecule has 4 nitrogen and oxygen atoms in total. The number of nitrogens with one attached hydrogen (secondary N) is 1. The van der Waals surface area contributed by atoms with Gasteiger partial charge in [-0.25, -0.2) is 0 Å². The Kier molecular flexibility index (Phi) is 2.34. The molecular weight excluding hydrogens is 192 g/mol. The lowest BCUT2D eigenvalue weighted by Crippen LogP contribution is -2.08. The van der Waals surface area contributed by atoms with Gasteiger partial charge in [0.1, 0.15) is 5.69 Å². The minimum atomic E-state index is -0.325. The van der Waals surface area contributed by atoms with Gasteiger partial charge in [-0.1, -0.05) is 26.0 Å². The summed E-state index contributed by atoms with van der Waals surface area (Å²) in [4.78, 5) is 10.5. The van der Waals surface area contributed by atoms with E-state index in [0.29, 0.717) is 17.5 Å². The highest BCUT2D eigenvalue weighted by Gasteiger charge is 2.30. The standard InChI is InChI=1S/C11H14N2O2/c1-7(2)9-6-12-11-8(9)4-3-5-10(11)13(14)15/h3-5,7,9,12H,6H2,1-2H3/t9-/m1/s1. The van der Waals surface area contributed by atoms with E-state index in [1.165, 1.54) is 0 Å². The topological polar surface area (TPSA) is 55.2 Å². The Morgan fingerprint density at radius 2 is 2.27 bits per heavy atom. The van der Waals surface area contributed by atoms with Gasteiger partial charge in [0.2, 0.25) is 0 Å². The van der Waals surface area contributed by atoms with E-state index in [2.05, 4.69) is 19.2 Å². The maximum absolute atomic E-state index is 10.8. The lowest BCUT2D eigenvalue weighted by molar-refractivity contribution is -0.383. The molecule has 0 aromatic heterocycles. The normalized spacial score (nSPS) is 18.7.